The molecule has 1 heterocycles. The molecule has 0 radical (unpaired) electrons. The second-order valence-corrected chi connectivity index (χ2v) is 5.97. The van der Waals surface area contributed by atoms with Crippen LogP contribution in [-0.2, 0) is 6.42 Å². The first kappa shape index (κ1) is 11.6. The quantitative estimate of drug-likeness (QED) is 0.534. The first-order chi connectivity index (χ1) is 9.70. The minimum absolute atomic E-state index is 0.183. The number of nitrogens with zero attached hydrogens (tertiary/aromatic N) is 1. The number of benzene rings is 2. The number of aromatic nitrogens is 1. The molecule has 2 aromatic carbocycles. The lowest BCUT2D eigenvalue weighted by molar-refractivity contribution is 0.626. The fourth-order valence-corrected chi connectivity index (χ4v) is 3.65. The molecule has 1 aliphatic rings. The molecule has 2 N–H and O–H groups in total. The maximum absolute atomic E-state index is 13.2. The van der Waals surface area contributed by atoms with Crippen LogP contribution >= 0.6 is 11.3 Å². The first-order valence-corrected chi connectivity index (χ1v) is 7.17. The van der Waals surface area contributed by atoms with Crippen LogP contribution in [0.25, 0.3) is 21.8 Å². The van der Waals surface area contributed by atoms with Crippen molar-refractivity contribution in [3.63, 3.8) is 0 Å². The number of hydrogen-bond donors (Lipinski definition) is 1. The Balaban J connectivity index is 1.80. The van der Waals surface area contributed by atoms with E-state index < -0.39 is 0 Å². The van der Waals surface area contributed by atoms with Gasteiger partial charge in [0.1, 0.15) is 10.8 Å². The molecular weight excluding hydrogens is 271 g/mol. The molecule has 20 heavy (non-hydrogen) atoms. The number of halogens is 1. The van der Waals surface area contributed by atoms with E-state index >= 15 is 0 Å². The summed E-state index contributed by atoms with van der Waals surface area (Å²) in [7, 11) is 0. The first-order valence-electron chi connectivity index (χ1n) is 6.35. The number of nitrogen functional groups attached to an aromatic ring is 1. The number of nitrogens with two attached hydrogens (primary N) is 1. The van der Waals surface area contributed by atoms with Crippen molar-refractivity contribution in [2.24, 2.45) is 0 Å². The van der Waals surface area contributed by atoms with Gasteiger partial charge in [-0.1, -0.05) is 0 Å². The van der Waals surface area contributed by atoms with E-state index in [0.717, 1.165) is 39.5 Å². The minimum atomic E-state index is -0.183. The van der Waals surface area contributed by atoms with Gasteiger partial charge >= 0.3 is 0 Å². The monoisotopic (exact) mass is 282 g/mol. The van der Waals surface area contributed by atoms with Crippen LogP contribution in [0.5, 0.6) is 0 Å². The molecule has 4 rings (SSSR count). The molecule has 0 saturated heterocycles. The highest BCUT2D eigenvalue weighted by Crippen LogP contribution is 2.42. The lowest BCUT2D eigenvalue weighted by Crippen LogP contribution is -1.85. The summed E-state index contributed by atoms with van der Waals surface area (Å²) in [6, 6.07) is 12.6. The second kappa shape index (κ2) is 4.15. The van der Waals surface area contributed by atoms with Gasteiger partial charge in [0.25, 0.3) is 0 Å². The lowest BCUT2D eigenvalue weighted by atomic mass is 10.1. The van der Waals surface area contributed by atoms with E-state index in [1.54, 1.807) is 17.4 Å². The molecule has 0 fully saturated rings. The Hall–Kier alpha value is -2.20. The van der Waals surface area contributed by atoms with Gasteiger partial charge in [-0.25, -0.2) is 9.37 Å². The van der Waals surface area contributed by atoms with Crippen molar-refractivity contribution in [1.82, 2.24) is 4.98 Å². The van der Waals surface area contributed by atoms with Crippen LogP contribution < -0.4 is 5.73 Å². The summed E-state index contributed by atoms with van der Waals surface area (Å²) < 4.78 is 13.2. The van der Waals surface area contributed by atoms with E-state index in [0.29, 0.717) is 0 Å². The Bertz CT molecular complexity index is 806. The molecule has 0 amide bonds. The van der Waals surface area contributed by atoms with E-state index in [-0.39, 0.29) is 5.82 Å². The van der Waals surface area contributed by atoms with Gasteiger partial charge in [0.2, 0.25) is 0 Å². The van der Waals surface area contributed by atoms with Crippen LogP contribution in [0.2, 0.25) is 0 Å². The van der Waals surface area contributed by atoms with Crippen LogP contribution in [0.15, 0.2) is 42.5 Å². The second-order valence-electron chi connectivity index (χ2n) is 4.89. The van der Waals surface area contributed by atoms with Gasteiger partial charge < -0.3 is 5.73 Å². The highest BCUT2D eigenvalue weighted by atomic mass is 32.1. The third kappa shape index (κ3) is 1.72. The van der Waals surface area contributed by atoms with Crippen LogP contribution in [0, 0.1) is 5.82 Å². The Morgan fingerprint density at radius 3 is 2.70 bits per heavy atom. The van der Waals surface area contributed by atoms with Gasteiger partial charge in [0.15, 0.2) is 0 Å². The van der Waals surface area contributed by atoms with Gasteiger partial charge in [-0.3, -0.25) is 0 Å². The van der Waals surface area contributed by atoms with E-state index in [4.69, 9.17) is 10.7 Å². The van der Waals surface area contributed by atoms with Crippen molar-refractivity contribution in [3.8, 4) is 21.8 Å². The fraction of sp³-hybridized carbons (Fsp3) is 0.0625. The molecule has 0 aliphatic heterocycles. The lowest BCUT2D eigenvalue weighted by Gasteiger charge is -2.00. The van der Waals surface area contributed by atoms with E-state index in [9.17, 15) is 4.39 Å². The van der Waals surface area contributed by atoms with Gasteiger partial charge in [0.05, 0.1) is 5.69 Å². The number of anilines is 1. The zero-order chi connectivity index (χ0) is 13.7. The van der Waals surface area contributed by atoms with Crippen LogP contribution in [0.3, 0.4) is 0 Å². The van der Waals surface area contributed by atoms with Crippen molar-refractivity contribution < 1.29 is 4.39 Å². The van der Waals surface area contributed by atoms with Gasteiger partial charge in [-0.2, -0.15) is 0 Å². The molecule has 1 aliphatic carbocycles. The standard InChI is InChI=1S/C16H11FN2S/c17-11-3-6-13-10(7-11)8-14-15(13)19-16(20-14)9-1-4-12(18)5-2-9/h1-7H,8,18H2. The Morgan fingerprint density at radius 1 is 1.10 bits per heavy atom. The van der Waals surface area contributed by atoms with Crippen molar-refractivity contribution >= 4 is 17.0 Å². The molecule has 0 unspecified atom stereocenters. The third-order valence-electron chi connectivity index (χ3n) is 3.53. The fourth-order valence-electron chi connectivity index (χ4n) is 2.54. The highest BCUT2D eigenvalue weighted by Gasteiger charge is 2.23. The summed E-state index contributed by atoms with van der Waals surface area (Å²) in [6.45, 7) is 0. The predicted molar refractivity (Wildman–Crippen MR) is 80.2 cm³/mol. The summed E-state index contributed by atoms with van der Waals surface area (Å²) in [5.41, 5.74) is 10.6. The minimum Gasteiger partial charge on any atom is -0.399 e. The van der Waals surface area contributed by atoms with Crippen molar-refractivity contribution in [1.29, 1.82) is 0 Å². The number of thiazole rings is 1. The molecule has 0 saturated carbocycles. The molecule has 0 spiro atoms. The summed E-state index contributed by atoms with van der Waals surface area (Å²) in [4.78, 5) is 5.92. The molecule has 0 atom stereocenters. The molecule has 4 heteroatoms. The topological polar surface area (TPSA) is 38.9 Å². The maximum Gasteiger partial charge on any atom is 0.124 e. The summed E-state index contributed by atoms with van der Waals surface area (Å²) in [5.74, 6) is -0.183. The molecule has 1 aromatic heterocycles. The molecule has 3 aromatic rings. The largest absolute Gasteiger partial charge is 0.399 e. The van der Waals surface area contributed by atoms with E-state index in [1.165, 1.54) is 10.9 Å². The Kier molecular flexibility index (Phi) is 2.41. The average molecular weight is 282 g/mol. The molecule has 2 nitrogen and oxygen atoms in total. The van der Waals surface area contributed by atoms with Crippen LogP contribution in [0.1, 0.15) is 10.4 Å². The zero-order valence-corrected chi connectivity index (χ0v) is 11.4. The number of rotatable bonds is 1. The summed E-state index contributed by atoms with van der Waals surface area (Å²) in [6.07, 6.45) is 0.773. The zero-order valence-electron chi connectivity index (χ0n) is 10.6. The Morgan fingerprint density at radius 2 is 1.90 bits per heavy atom. The van der Waals surface area contributed by atoms with Crippen molar-refractivity contribution in [2.45, 2.75) is 6.42 Å². The SMILES string of the molecule is Nc1ccc(-c2nc3c(s2)Cc2cc(F)ccc2-3)cc1. The van der Waals surface area contributed by atoms with E-state index in [2.05, 4.69) is 0 Å². The van der Waals surface area contributed by atoms with Gasteiger partial charge in [-0.05, 0) is 48.0 Å². The Labute approximate surface area is 119 Å². The van der Waals surface area contributed by atoms with Gasteiger partial charge in [-0.15, -0.1) is 11.3 Å². The third-order valence-corrected chi connectivity index (χ3v) is 4.63. The number of fused-ring (bicyclic) bond motifs is 3. The number of hydrogen-bond acceptors (Lipinski definition) is 3. The highest BCUT2D eigenvalue weighted by molar-refractivity contribution is 7.15. The van der Waals surface area contributed by atoms with Crippen LogP contribution in [-0.4, -0.2) is 4.98 Å². The maximum atomic E-state index is 13.2. The average Bonchev–Trinajstić information content (AvgIpc) is 2.96. The normalized spacial score (nSPS) is 12.2. The molecular formula is C16H11FN2S. The molecule has 0 bridgehead atoms. The van der Waals surface area contributed by atoms with Crippen LogP contribution in [0.4, 0.5) is 10.1 Å². The molecule has 98 valence electrons. The smallest absolute Gasteiger partial charge is 0.124 e. The predicted octanol–water partition coefficient (Wildman–Crippen LogP) is 4.10. The van der Waals surface area contributed by atoms with Gasteiger partial charge in [0, 0.05) is 28.1 Å². The van der Waals surface area contributed by atoms with Crippen molar-refractivity contribution in [2.75, 3.05) is 5.73 Å². The van der Waals surface area contributed by atoms with Crippen molar-refractivity contribution in [3.05, 3.63) is 58.7 Å². The summed E-state index contributed by atoms with van der Waals surface area (Å²) in [5, 5.41) is 0.991. The summed E-state index contributed by atoms with van der Waals surface area (Å²) >= 11 is 1.67. The van der Waals surface area contributed by atoms with E-state index in [1.807, 2.05) is 30.3 Å².